The molecule has 0 fully saturated rings. The Hall–Kier alpha value is -4.43. The lowest BCUT2D eigenvalue weighted by atomic mass is 9.96. The minimum Gasteiger partial charge on any atom is -0.494 e. The van der Waals surface area contributed by atoms with Crippen molar-refractivity contribution in [2.45, 2.75) is 53.3 Å². The highest BCUT2D eigenvalue weighted by atomic mass is 32.1. The molecule has 3 heterocycles. The van der Waals surface area contributed by atoms with Gasteiger partial charge in [0.25, 0.3) is 5.56 Å². The summed E-state index contributed by atoms with van der Waals surface area (Å²) >= 11 is 1.33. The number of rotatable bonds is 7. The Morgan fingerprint density at radius 2 is 1.76 bits per heavy atom. The van der Waals surface area contributed by atoms with Gasteiger partial charge in [0, 0.05) is 28.4 Å². The fourth-order valence-electron chi connectivity index (χ4n) is 5.74. The van der Waals surface area contributed by atoms with Crippen LogP contribution >= 0.6 is 11.3 Å². The van der Waals surface area contributed by atoms with Crippen molar-refractivity contribution in [3.05, 3.63) is 109 Å². The number of thiazole rings is 1. The molecule has 1 aliphatic heterocycles. The monoisotopic (exact) mass is 579 g/mol. The van der Waals surface area contributed by atoms with E-state index in [1.165, 1.54) is 22.2 Å². The number of fused-ring (bicyclic) bond motifs is 4. The number of nitrogens with zero attached hydrogens (tertiary/aromatic N) is 3. The molecule has 0 N–H and O–H groups in total. The van der Waals surface area contributed by atoms with Crippen molar-refractivity contribution < 1.29 is 14.3 Å². The van der Waals surface area contributed by atoms with Gasteiger partial charge in [-0.05, 0) is 82.2 Å². The maximum Gasteiger partial charge on any atom is 0.338 e. The molecule has 0 bridgehead atoms. The number of allylic oxidation sites excluding steroid dienone is 1. The maximum atomic E-state index is 14.1. The molecule has 1 atom stereocenters. The zero-order valence-corrected chi connectivity index (χ0v) is 25.2. The molecule has 1 aliphatic rings. The van der Waals surface area contributed by atoms with Gasteiger partial charge in [-0.3, -0.25) is 9.36 Å². The van der Waals surface area contributed by atoms with Crippen LogP contribution in [0, 0.1) is 0 Å². The number of hydrogen-bond donors (Lipinski definition) is 0. The van der Waals surface area contributed by atoms with Gasteiger partial charge in [0.15, 0.2) is 4.80 Å². The van der Waals surface area contributed by atoms with Gasteiger partial charge in [0.2, 0.25) is 0 Å². The Kier molecular flexibility index (Phi) is 7.33. The van der Waals surface area contributed by atoms with E-state index in [0.29, 0.717) is 27.2 Å². The van der Waals surface area contributed by atoms with Crippen molar-refractivity contribution in [2.24, 2.45) is 4.99 Å². The first kappa shape index (κ1) is 27.7. The second-order valence-corrected chi connectivity index (χ2v) is 11.6. The van der Waals surface area contributed by atoms with Gasteiger partial charge < -0.3 is 14.0 Å². The number of hydrogen-bond acceptors (Lipinski definition) is 6. The van der Waals surface area contributed by atoms with Gasteiger partial charge in [0.1, 0.15) is 5.75 Å². The van der Waals surface area contributed by atoms with Gasteiger partial charge in [0.05, 0.1) is 34.6 Å². The number of para-hydroxylation sites is 1. The lowest BCUT2D eigenvalue weighted by Crippen LogP contribution is -2.40. The first-order chi connectivity index (χ1) is 20.3. The molecule has 5 aromatic rings. The third-order valence-corrected chi connectivity index (χ3v) is 8.48. The van der Waals surface area contributed by atoms with Crippen LogP contribution in [0.3, 0.4) is 0 Å². The summed E-state index contributed by atoms with van der Waals surface area (Å²) in [4.78, 5) is 32.7. The Labute approximate surface area is 247 Å². The van der Waals surface area contributed by atoms with Gasteiger partial charge in [-0.2, -0.15) is 0 Å². The van der Waals surface area contributed by atoms with E-state index in [9.17, 15) is 9.59 Å². The van der Waals surface area contributed by atoms with Gasteiger partial charge >= 0.3 is 5.97 Å². The van der Waals surface area contributed by atoms with Gasteiger partial charge in [-0.25, -0.2) is 9.79 Å². The van der Waals surface area contributed by atoms with Crippen LogP contribution in [0.2, 0.25) is 0 Å². The Morgan fingerprint density at radius 3 is 2.48 bits per heavy atom. The summed E-state index contributed by atoms with van der Waals surface area (Å²) in [5.41, 5.74) is 4.78. The van der Waals surface area contributed by atoms with Crippen molar-refractivity contribution in [1.82, 2.24) is 9.13 Å². The fraction of sp³-hybridized carbons (Fsp3) is 0.265. The molecule has 0 saturated heterocycles. The molecular weight excluding hydrogens is 546 g/mol. The molecule has 8 heteroatoms. The zero-order valence-electron chi connectivity index (χ0n) is 24.4. The lowest BCUT2D eigenvalue weighted by molar-refractivity contribution is -0.143. The van der Waals surface area contributed by atoms with E-state index < -0.39 is 12.0 Å². The van der Waals surface area contributed by atoms with Crippen LogP contribution in [0.1, 0.15) is 51.8 Å². The molecule has 3 aromatic carbocycles. The third-order valence-electron chi connectivity index (χ3n) is 7.50. The lowest BCUT2D eigenvalue weighted by Gasteiger charge is -2.25. The summed E-state index contributed by atoms with van der Waals surface area (Å²) in [5.74, 6) is 0.248. The summed E-state index contributed by atoms with van der Waals surface area (Å²) in [7, 11) is 0. The summed E-state index contributed by atoms with van der Waals surface area (Å²) in [5, 5.41) is 2.33. The average molecular weight is 580 g/mol. The molecule has 6 rings (SSSR count). The second-order valence-electron chi connectivity index (χ2n) is 10.6. The predicted octanol–water partition coefficient (Wildman–Crippen LogP) is 5.71. The predicted molar refractivity (Wildman–Crippen MR) is 168 cm³/mol. The van der Waals surface area contributed by atoms with E-state index in [1.54, 1.807) is 11.5 Å². The number of esters is 1. The number of carbonyl (C=O) groups excluding carboxylic acids is 1. The summed E-state index contributed by atoms with van der Waals surface area (Å²) < 4.78 is 15.7. The smallest absolute Gasteiger partial charge is 0.338 e. The van der Waals surface area contributed by atoms with E-state index in [0.717, 1.165) is 34.3 Å². The van der Waals surface area contributed by atoms with E-state index in [-0.39, 0.29) is 11.7 Å². The fourth-order valence-corrected chi connectivity index (χ4v) is 6.79. The van der Waals surface area contributed by atoms with E-state index >= 15 is 0 Å². The Balaban J connectivity index is 1.52. The normalized spacial score (nSPS) is 15.4. The molecule has 42 heavy (non-hydrogen) atoms. The quantitative estimate of drug-likeness (QED) is 0.232. The molecule has 214 valence electrons. The summed E-state index contributed by atoms with van der Waals surface area (Å²) in [6, 6.07) is 21.5. The van der Waals surface area contributed by atoms with Gasteiger partial charge in [-0.15, -0.1) is 0 Å². The third kappa shape index (κ3) is 4.75. The number of ether oxygens (including phenoxy) is 2. The van der Waals surface area contributed by atoms with Crippen LogP contribution in [0.15, 0.2) is 87.8 Å². The molecule has 2 aromatic heterocycles. The summed E-state index contributed by atoms with van der Waals surface area (Å²) in [6.45, 7) is 10.9. The maximum absolute atomic E-state index is 14.1. The second kappa shape index (κ2) is 11.1. The Morgan fingerprint density at radius 1 is 1.02 bits per heavy atom. The minimum atomic E-state index is -0.671. The zero-order chi connectivity index (χ0) is 29.5. The van der Waals surface area contributed by atoms with E-state index in [1.807, 2.05) is 57.2 Å². The number of aromatic nitrogens is 2. The first-order valence-electron chi connectivity index (χ1n) is 14.3. The summed E-state index contributed by atoms with van der Waals surface area (Å²) in [6.07, 6.45) is 1.61. The number of carbonyl (C=O) groups is 1. The molecule has 0 radical (unpaired) electrons. The molecule has 0 amide bonds. The van der Waals surface area contributed by atoms with Gasteiger partial charge in [-0.1, -0.05) is 47.7 Å². The van der Waals surface area contributed by atoms with E-state index in [4.69, 9.17) is 14.5 Å². The minimum absolute atomic E-state index is 0.198. The topological polar surface area (TPSA) is 74.8 Å². The molecule has 0 aliphatic carbocycles. The van der Waals surface area contributed by atoms with Crippen molar-refractivity contribution in [3.8, 4) is 5.75 Å². The first-order valence-corrected chi connectivity index (χ1v) is 15.1. The van der Waals surface area contributed by atoms with Crippen molar-refractivity contribution in [2.75, 3.05) is 6.61 Å². The number of benzene rings is 3. The largest absolute Gasteiger partial charge is 0.494 e. The molecular formula is C34H33N3O4S. The highest BCUT2D eigenvalue weighted by Gasteiger charge is 2.33. The Bertz CT molecular complexity index is 2040. The van der Waals surface area contributed by atoms with Crippen LogP contribution in [-0.2, 0) is 16.1 Å². The SMILES string of the molecule is CCOc1ccc([C@@H]2C(C(=O)OC(C)C)=C(C)N=c3s/c(=C/c4ccc5c(c4)c4ccccc4n5CC)c(=O)n32)cc1. The average Bonchev–Trinajstić information content (AvgIpc) is 3.45. The van der Waals surface area contributed by atoms with Crippen LogP contribution in [0.25, 0.3) is 27.9 Å². The highest BCUT2D eigenvalue weighted by Crippen LogP contribution is 2.32. The molecule has 0 unspecified atom stereocenters. The van der Waals surface area contributed by atoms with Crippen LogP contribution in [-0.4, -0.2) is 27.8 Å². The molecule has 7 nitrogen and oxygen atoms in total. The standard InChI is InChI=1S/C34H33N3O4S/c1-6-36-27-11-9-8-10-25(27)26-18-22(12-17-28(26)36)19-29-32(38)37-31(23-13-15-24(16-14-23)40-7-2)30(33(39)41-20(3)4)21(5)35-34(37)42-29/h8-20,31H,6-7H2,1-5H3/b29-19+/t31-/m1/s1. The number of aryl methyl sites for hydroxylation is 1. The molecule has 0 spiro atoms. The van der Waals surface area contributed by atoms with Crippen molar-refractivity contribution in [1.29, 1.82) is 0 Å². The van der Waals surface area contributed by atoms with Crippen LogP contribution in [0.4, 0.5) is 0 Å². The highest BCUT2D eigenvalue weighted by molar-refractivity contribution is 7.07. The van der Waals surface area contributed by atoms with Crippen LogP contribution < -0.4 is 19.6 Å². The van der Waals surface area contributed by atoms with Crippen molar-refractivity contribution in [3.63, 3.8) is 0 Å². The molecule has 0 saturated carbocycles. The van der Waals surface area contributed by atoms with E-state index in [2.05, 4.69) is 47.9 Å². The van der Waals surface area contributed by atoms with Crippen LogP contribution in [0.5, 0.6) is 5.75 Å². The van der Waals surface area contributed by atoms with Crippen molar-refractivity contribution >= 4 is 45.2 Å².